The first-order chi connectivity index (χ1) is 9.02. The summed E-state index contributed by atoms with van der Waals surface area (Å²) in [5.41, 5.74) is 1.33. The molecule has 0 aliphatic rings. The van der Waals surface area contributed by atoms with Crippen molar-refractivity contribution in [3.63, 3.8) is 0 Å². The van der Waals surface area contributed by atoms with Gasteiger partial charge >= 0.3 is 5.97 Å². The van der Waals surface area contributed by atoms with Gasteiger partial charge in [-0.3, -0.25) is 14.2 Å². The van der Waals surface area contributed by atoms with Crippen molar-refractivity contribution < 1.29 is 9.53 Å². The van der Waals surface area contributed by atoms with Gasteiger partial charge in [0.25, 0.3) is 5.56 Å². The van der Waals surface area contributed by atoms with Crippen LogP contribution in [-0.2, 0) is 16.1 Å². The van der Waals surface area contributed by atoms with Crippen LogP contribution in [-0.4, -0.2) is 17.1 Å². The molecule has 5 heteroatoms. The summed E-state index contributed by atoms with van der Waals surface area (Å²) in [6.07, 6.45) is 0. The van der Waals surface area contributed by atoms with E-state index in [0.717, 1.165) is 10.9 Å². The molecule has 0 bridgehead atoms. The van der Waals surface area contributed by atoms with E-state index in [1.807, 2.05) is 25.1 Å². The lowest BCUT2D eigenvalue weighted by molar-refractivity contribution is -0.143. The first-order valence-electron chi connectivity index (χ1n) is 5.98. The fourth-order valence-electron chi connectivity index (χ4n) is 1.95. The molecule has 0 saturated carbocycles. The van der Waals surface area contributed by atoms with E-state index in [-0.39, 0.29) is 18.7 Å². The summed E-state index contributed by atoms with van der Waals surface area (Å²) in [6, 6.07) is 6.90. The molecule has 0 unspecified atom stereocenters. The Hall–Kier alpha value is -1.81. The maximum atomic E-state index is 12.0. The maximum absolute atomic E-state index is 12.0. The molecule has 0 saturated heterocycles. The molecular formula is C14H14ClNO3. The molecule has 2 rings (SSSR count). The predicted molar refractivity (Wildman–Crippen MR) is 74.6 cm³/mol. The van der Waals surface area contributed by atoms with Crippen LogP contribution in [0, 0.1) is 6.92 Å². The minimum atomic E-state index is -0.435. The van der Waals surface area contributed by atoms with Crippen molar-refractivity contribution in [1.82, 2.24) is 4.57 Å². The van der Waals surface area contributed by atoms with Crippen molar-refractivity contribution in [2.45, 2.75) is 20.4 Å². The molecule has 19 heavy (non-hydrogen) atoms. The number of pyridine rings is 1. The second-order valence-electron chi connectivity index (χ2n) is 4.24. The Morgan fingerprint density at radius 3 is 2.79 bits per heavy atom. The third-order valence-electron chi connectivity index (χ3n) is 2.81. The van der Waals surface area contributed by atoms with Crippen molar-refractivity contribution >= 4 is 28.5 Å². The smallest absolute Gasteiger partial charge is 0.326 e. The Kier molecular flexibility index (Phi) is 3.90. The highest BCUT2D eigenvalue weighted by atomic mass is 35.5. The normalized spacial score (nSPS) is 10.7. The molecule has 0 aliphatic carbocycles. The van der Waals surface area contributed by atoms with Crippen LogP contribution >= 0.6 is 11.6 Å². The number of halogens is 1. The van der Waals surface area contributed by atoms with Crippen LogP contribution in [0.25, 0.3) is 10.9 Å². The first-order valence-corrected chi connectivity index (χ1v) is 6.36. The third kappa shape index (κ3) is 2.79. The highest BCUT2D eigenvalue weighted by molar-refractivity contribution is 6.35. The number of carbonyl (C=O) groups excluding carboxylic acids is 1. The van der Waals surface area contributed by atoms with Crippen LogP contribution in [0.4, 0.5) is 0 Å². The number of aromatic nitrogens is 1. The van der Waals surface area contributed by atoms with Gasteiger partial charge in [0.2, 0.25) is 0 Å². The number of hydrogen-bond acceptors (Lipinski definition) is 3. The lowest BCUT2D eigenvalue weighted by Gasteiger charge is -2.11. The Bertz CT molecular complexity index is 691. The molecule has 0 N–H and O–H groups in total. The van der Waals surface area contributed by atoms with Gasteiger partial charge in [-0.15, -0.1) is 0 Å². The summed E-state index contributed by atoms with van der Waals surface area (Å²) in [7, 11) is 0. The molecule has 1 heterocycles. The maximum Gasteiger partial charge on any atom is 0.326 e. The van der Waals surface area contributed by atoms with E-state index in [2.05, 4.69) is 0 Å². The van der Waals surface area contributed by atoms with E-state index >= 15 is 0 Å². The average Bonchev–Trinajstić information content (AvgIpc) is 2.34. The van der Waals surface area contributed by atoms with E-state index in [0.29, 0.717) is 10.5 Å². The Morgan fingerprint density at radius 2 is 2.11 bits per heavy atom. The molecule has 0 atom stereocenters. The topological polar surface area (TPSA) is 48.3 Å². The summed E-state index contributed by atoms with van der Waals surface area (Å²) in [5.74, 6) is -0.435. The highest BCUT2D eigenvalue weighted by Gasteiger charge is 2.11. The number of rotatable bonds is 3. The van der Waals surface area contributed by atoms with Crippen molar-refractivity contribution in [2.24, 2.45) is 0 Å². The molecule has 2 aromatic rings. The van der Waals surface area contributed by atoms with Crippen LogP contribution in [0.1, 0.15) is 12.5 Å². The van der Waals surface area contributed by atoms with Gasteiger partial charge in [0.15, 0.2) is 0 Å². The number of esters is 1. The Labute approximate surface area is 115 Å². The highest BCUT2D eigenvalue weighted by Crippen LogP contribution is 2.22. The van der Waals surface area contributed by atoms with E-state index in [4.69, 9.17) is 16.3 Å². The Morgan fingerprint density at radius 1 is 1.37 bits per heavy atom. The van der Waals surface area contributed by atoms with Crippen LogP contribution < -0.4 is 5.56 Å². The van der Waals surface area contributed by atoms with E-state index in [1.165, 1.54) is 10.6 Å². The van der Waals surface area contributed by atoms with Crippen molar-refractivity contribution in [3.05, 3.63) is 45.2 Å². The van der Waals surface area contributed by atoms with E-state index in [9.17, 15) is 9.59 Å². The number of nitrogens with zero attached hydrogens (tertiary/aromatic N) is 1. The van der Waals surface area contributed by atoms with Crippen molar-refractivity contribution in [3.8, 4) is 0 Å². The standard InChI is InChI=1S/C14H14ClNO3/c1-3-19-14(18)8-16-12-6-9(2)4-5-10(12)11(15)7-13(16)17/h4-7H,3,8H2,1-2H3. The summed E-state index contributed by atoms with van der Waals surface area (Å²) in [6.45, 7) is 3.83. The molecular weight excluding hydrogens is 266 g/mol. The SMILES string of the molecule is CCOC(=O)Cn1c(=O)cc(Cl)c2ccc(C)cc21. The summed E-state index contributed by atoms with van der Waals surface area (Å²) < 4.78 is 6.26. The van der Waals surface area contributed by atoms with Gasteiger partial charge in [0.1, 0.15) is 6.54 Å². The summed E-state index contributed by atoms with van der Waals surface area (Å²) >= 11 is 6.05. The largest absolute Gasteiger partial charge is 0.465 e. The van der Waals surface area contributed by atoms with Gasteiger partial charge in [-0.05, 0) is 25.5 Å². The van der Waals surface area contributed by atoms with Gasteiger partial charge in [0.05, 0.1) is 17.1 Å². The molecule has 0 radical (unpaired) electrons. The second-order valence-corrected chi connectivity index (χ2v) is 4.65. The lowest BCUT2D eigenvalue weighted by Crippen LogP contribution is -2.25. The number of hydrogen-bond donors (Lipinski definition) is 0. The number of benzene rings is 1. The van der Waals surface area contributed by atoms with Gasteiger partial charge in [-0.25, -0.2) is 0 Å². The van der Waals surface area contributed by atoms with E-state index < -0.39 is 5.97 Å². The molecule has 0 fully saturated rings. The van der Waals surface area contributed by atoms with Gasteiger partial charge < -0.3 is 4.74 Å². The number of fused-ring (bicyclic) bond motifs is 1. The lowest BCUT2D eigenvalue weighted by atomic mass is 10.1. The van der Waals surface area contributed by atoms with Crippen LogP contribution in [0.15, 0.2) is 29.1 Å². The minimum Gasteiger partial charge on any atom is -0.465 e. The average molecular weight is 280 g/mol. The molecule has 0 spiro atoms. The van der Waals surface area contributed by atoms with Crippen LogP contribution in [0.2, 0.25) is 5.02 Å². The predicted octanol–water partition coefficient (Wildman–Crippen LogP) is 2.53. The monoisotopic (exact) mass is 279 g/mol. The van der Waals surface area contributed by atoms with Crippen LogP contribution in [0.5, 0.6) is 0 Å². The molecule has 4 nitrogen and oxygen atoms in total. The van der Waals surface area contributed by atoms with Gasteiger partial charge in [-0.1, -0.05) is 23.7 Å². The first kappa shape index (κ1) is 13.6. The summed E-state index contributed by atoms with van der Waals surface area (Å²) in [4.78, 5) is 23.5. The number of carbonyl (C=O) groups is 1. The molecule has 0 aliphatic heterocycles. The molecule has 1 aromatic carbocycles. The fraction of sp³-hybridized carbons (Fsp3) is 0.286. The number of ether oxygens (including phenoxy) is 1. The molecule has 0 amide bonds. The van der Waals surface area contributed by atoms with E-state index in [1.54, 1.807) is 6.92 Å². The number of aryl methyl sites for hydroxylation is 1. The third-order valence-corrected chi connectivity index (χ3v) is 3.12. The zero-order valence-corrected chi connectivity index (χ0v) is 11.5. The van der Waals surface area contributed by atoms with Crippen molar-refractivity contribution in [2.75, 3.05) is 6.61 Å². The van der Waals surface area contributed by atoms with Gasteiger partial charge in [-0.2, -0.15) is 0 Å². The zero-order valence-electron chi connectivity index (χ0n) is 10.8. The fourth-order valence-corrected chi connectivity index (χ4v) is 2.20. The second kappa shape index (κ2) is 5.45. The van der Waals surface area contributed by atoms with Crippen molar-refractivity contribution in [1.29, 1.82) is 0 Å². The van der Waals surface area contributed by atoms with Gasteiger partial charge in [0, 0.05) is 11.5 Å². The quantitative estimate of drug-likeness (QED) is 0.811. The minimum absolute atomic E-state index is 0.107. The summed E-state index contributed by atoms with van der Waals surface area (Å²) in [5, 5.41) is 1.14. The molecule has 100 valence electrons. The van der Waals surface area contributed by atoms with Crippen LogP contribution in [0.3, 0.4) is 0 Å². The zero-order chi connectivity index (χ0) is 14.0. The Balaban J connectivity index is 2.62. The molecule has 1 aromatic heterocycles.